The van der Waals surface area contributed by atoms with E-state index < -0.39 is 0 Å². The van der Waals surface area contributed by atoms with Crippen molar-refractivity contribution in [3.8, 4) is 5.75 Å². The van der Waals surface area contributed by atoms with E-state index in [0.717, 1.165) is 61.2 Å². The largest absolute Gasteiger partial charge is 0.507 e. The minimum absolute atomic E-state index is 0.0211. The van der Waals surface area contributed by atoms with Gasteiger partial charge in [-0.25, -0.2) is 9.98 Å². The number of aromatic nitrogens is 1. The van der Waals surface area contributed by atoms with Gasteiger partial charge in [-0.1, -0.05) is 6.07 Å². The first kappa shape index (κ1) is 24.0. The molecule has 1 saturated heterocycles. The van der Waals surface area contributed by atoms with E-state index in [9.17, 15) is 9.90 Å². The van der Waals surface area contributed by atoms with Crippen LogP contribution in [-0.2, 0) is 9.53 Å². The number of benzene rings is 1. The topological polar surface area (TPSA) is 112 Å². The standard InChI is InChI=1S/C26H30N6O4/c1-17-3-5-20-24(25(17)36-14-11-31-9-12-35-13-10-31)30-23(32-8-7-27-26(20)32)15-21(34)19-4-6-22(28-16-19)29-18(2)33/h3-6,15-16,34H,7-14H2,1-2H3,(H,28,29,33)/b21-15-. The van der Waals surface area contributed by atoms with Gasteiger partial charge in [-0.05, 0) is 30.7 Å². The van der Waals surface area contributed by atoms with Crippen LogP contribution in [0, 0.1) is 6.92 Å². The molecule has 188 valence electrons. The van der Waals surface area contributed by atoms with Gasteiger partial charge in [0, 0.05) is 56.5 Å². The Hall–Kier alpha value is -3.76. The van der Waals surface area contributed by atoms with Crippen molar-refractivity contribution in [2.45, 2.75) is 13.8 Å². The van der Waals surface area contributed by atoms with Crippen LogP contribution in [0.5, 0.6) is 5.75 Å². The number of morpholine rings is 1. The number of ether oxygens (including phenoxy) is 2. The monoisotopic (exact) mass is 490 g/mol. The molecule has 1 aromatic carbocycles. The van der Waals surface area contributed by atoms with Crippen molar-refractivity contribution < 1.29 is 19.4 Å². The molecule has 0 aliphatic carbocycles. The van der Waals surface area contributed by atoms with Crippen molar-refractivity contribution in [2.75, 3.05) is 57.9 Å². The number of carbonyl (C=O) groups excluding carboxylic acids is 1. The molecule has 3 aliphatic heterocycles. The smallest absolute Gasteiger partial charge is 0.222 e. The van der Waals surface area contributed by atoms with Crippen molar-refractivity contribution >= 4 is 34.8 Å². The van der Waals surface area contributed by atoms with Gasteiger partial charge in [0.1, 0.15) is 41.3 Å². The van der Waals surface area contributed by atoms with Crippen LogP contribution in [0.1, 0.15) is 23.6 Å². The van der Waals surface area contributed by atoms with Crippen molar-refractivity contribution in [1.29, 1.82) is 0 Å². The quantitative estimate of drug-likeness (QED) is 0.574. The molecule has 0 atom stereocenters. The Morgan fingerprint density at radius 2 is 2.06 bits per heavy atom. The van der Waals surface area contributed by atoms with Gasteiger partial charge in [-0.15, -0.1) is 0 Å². The second kappa shape index (κ2) is 10.5. The lowest BCUT2D eigenvalue weighted by atomic mass is 10.0. The molecule has 4 heterocycles. The van der Waals surface area contributed by atoms with Crippen LogP contribution in [0.15, 0.2) is 46.5 Å². The van der Waals surface area contributed by atoms with Crippen molar-refractivity contribution in [1.82, 2.24) is 14.8 Å². The molecule has 2 N–H and O–H groups in total. The van der Waals surface area contributed by atoms with Gasteiger partial charge in [-0.2, -0.15) is 0 Å². The van der Waals surface area contributed by atoms with Crippen LogP contribution in [0.2, 0.25) is 0 Å². The zero-order valence-electron chi connectivity index (χ0n) is 20.5. The summed E-state index contributed by atoms with van der Waals surface area (Å²) in [6.45, 7) is 9.46. The number of carbonyl (C=O) groups is 1. The van der Waals surface area contributed by atoms with Crippen LogP contribution < -0.4 is 10.1 Å². The third-order valence-electron chi connectivity index (χ3n) is 6.30. The fourth-order valence-electron chi connectivity index (χ4n) is 4.44. The van der Waals surface area contributed by atoms with Gasteiger partial charge in [0.25, 0.3) is 0 Å². The summed E-state index contributed by atoms with van der Waals surface area (Å²) in [5.74, 6) is 2.40. The summed E-state index contributed by atoms with van der Waals surface area (Å²) in [6.07, 6.45) is 3.14. The molecule has 1 amide bonds. The highest BCUT2D eigenvalue weighted by atomic mass is 16.5. The molecule has 0 radical (unpaired) electrons. The van der Waals surface area contributed by atoms with Crippen LogP contribution in [0.3, 0.4) is 0 Å². The summed E-state index contributed by atoms with van der Waals surface area (Å²) in [7, 11) is 0. The number of aliphatic hydroxyl groups is 1. The van der Waals surface area contributed by atoms with Crippen molar-refractivity contribution in [3.05, 3.63) is 53.2 Å². The summed E-state index contributed by atoms with van der Waals surface area (Å²) < 4.78 is 11.7. The van der Waals surface area contributed by atoms with E-state index in [1.807, 2.05) is 24.0 Å². The highest BCUT2D eigenvalue weighted by Crippen LogP contribution is 2.40. The maximum atomic E-state index is 11.2. The number of aryl methyl sites for hydroxylation is 1. The molecule has 1 aromatic heterocycles. The molecule has 0 bridgehead atoms. The molecule has 36 heavy (non-hydrogen) atoms. The number of hydrogen-bond acceptors (Lipinski definition) is 9. The molecule has 3 aliphatic rings. The first-order chi connectivity index (χ1) is 17.5. The highest BCUT2D eigenvalue weighted by Gasteiger charge is 2.31. The molecule has 1 fully saturated rings. The molecule has 0 saturated carbocycles. The molecule has 10 nitrogen and oxygen atoms in total. The summed E-state index contributed by atoms with van der Waals surface area (Å²) in [5, 5.41) is 13.5. The number of amidine groups is 2. The molecule has 0 spiro atoms. The molecule has 5 rings (SSSR count). The average molecular weight is 491 g/mol. The van der Waals surface area contributed by atoms with E-state index in [1.165, 1.54) is 13.1 Å². The first-order valence-corrected chi connectivity index (χ1v) is 12.1. The molecule has 0 unspecified atom stereocenters. The van der Waals surface area contributed by atoms with Crippen LogP contribution in [-0.4, -0.2) is 90.0 Å². The Morgan fingerprint density at radius 1 is 1.22 bits per heavy atom. The number of fused-ring (bicyclic) bond motifs is 3. The predicted molar refractivity (Wildman–Crippen MR) is 138 cm³/mol. The summed E-state index contributed by atoms with van der Waals surface area (Å²) in [6, 6.07) is 7.42. The first-order valence-electron chi connectivity index (χ1n) is 12.1. The number of amides is 1. The zero-order valence-corrected chi connectivity index (χ0v) is 20.5. The fraction of sp³-hybridized carbons (Fsp3) is 0.385. The van der Waals surface area contributed by atoms with Gasteiger partial charge in [0.15, 0.2) is 0 Å². The summed E-state index contributed by atoms with van der Waals surface area (Å²) in [4.78, 5) is 29.4. The second-order valence-electron chi connectivity index (χ2n) is 8.88. The number of nitrogens with one attached hydrogen (secondary N) is 1. The summed E-state index contributed by atoms with van der Waals surface area (Å²) >= 11 is 0. The molecule has 10 heteroatoms. The third kappa shape index (κ3) is 5.09. The van der Waals surface area contributed by atoms with Crippen LogP contribution >= 0.6 is 0 Å². The van der Waals surface area contributed by atoms with Crippen LogP contribution in [0.4, 0.5) is 11.5 Å². The van der Waals surface area contributed by atoms with Gasteiger partial charge in [0.05, 0.1) is 19.8 Å². The lowest BCUT2D eigenvalue weighted by Gasteiger charge is -2.29. The minimum Gasteiger partial charge on any atom is -0.507 e. The maximum absolute atomic E-state index is 11.2. The van der Waals surface area contributed by atoms with E-state index >= 15 is 0 Å². The predicted octanol–water partition coefficient (Wildman–Crippen LogP) is 2.76. The van der Waals surface area contributed by atoms with Crippen molar-refractivity contribution in [3.63, 3.8) is 0 Å². The summed E-state index contributed by atoms with van der Waals surface area (Å²) in [5.41, 5.74) is 3.17. The average Bonchev–Trinajstić information content (AvgIpc) is 3.37. The fourth-order valence-corrected chi connectivity index (χ4v) is 4.44. The number of nitrogens with zero attached hydrogens (tertiary/aromatic N) is 5. The third-order valence-corrected chi connectivity index (χ3v) is 6.30. The van der Waals surface area contributed by atoms with E-state index in [2.05, 4.69) is 15.2 Å². The van der Waals surface area contributed by atoms with Crippen molar-refractivity contribution in [2.24, 2.45) is 9.98 Å². The Morgan fingerprint density at radius 3 is 2.81 bits per heavy atom. The van der Waals surface area contributed by atoms with E-state index in [4.69, 9.17) is 19.5 Å². The Labute approximate surface area is 210 Å². The van der Waals surface area contributed by atoms with Gasteiger partial charge >= 0.3 is 0 Å². The Balaban J connectivity index is 1.42. The molecular weight excluding hydrogens is 460 g/mol. The second-order valence-corrected chi connectivity index (χ2v) is 8.88. The number of rotatable bonds is 7. The van der Waals surface area contributed by atoms with Crippen LogP contribution in [0.25, 0.3) is 5.76 Å². The number of anilines is 1. The normalized spacial score (nSPS) is 17.7. The van der Waals surface area contributed by atoms with Gasteiger partial charge in [0.2, 0.25) is 5.91 Å². The lowest BCUT2D eigenvalue weighted by molar-refractivity contribution is -0.114. The molecular formula is C26H30N6O4. The Bertz CT molecular complexity index is 1230. The van der Waals surface area contributed by atoms with E-state index in [-0.39, 0.29) is 11.7 Å². The lowest BCUT2D eigenvalue weighted by Crippen LogP contribution is -2.38. The molecule has 2 aromatic rings. The number of pyridine rings is 1. The minimum atomic E-state index is -0.204. The SMILES string of the molecule is CC(=O)Nc1ccc(/C(O)=C/C2=Nc3c(ccc(C)c3OCCN3CCOCC3)C3=NCCN23)cn1. The van der Waals surface area contributed by atoms with Gasteiger partial charge in [-0.3, -0.25) is 14.7 Å². The Kier molecular flexibility index (Phi) is 6.97. The zero-order chi connectivity index (χ0) is 25.1. The number of aliphatic imine (C=N–C) groups is 2. The van der Waals surface area contributed by atoms with Gasteiger partial charge < -0.3 is 24.8 Å². The highest BCUT2D eigenvalue weighted by molar-refractivity contribution is 6.20. The van der Waals surface area contributed by atoms with E-state index in [0.29, 0.717) is 36.9 Å². The number of aliphatic hydroxyl groups excluding tert-OH is 1. The number of hydrogen-bond donors (Lipinski definition) is 2. The van der Waals surface area contributed by atoms with E-state index in [1.54, 1.807) is 18.2 Å². The maximum Gasteiger partial charge on any atom is 0.222 e.